The van der Waals surface area contributed by atoms with Gasteiger partial charge in [-0.2, -0.15) is 5.10 Å². The molecule has 1 saturated heterocycles. The number of para-hydroxylation sites is 1. The van der Waals surface area contributed by atoms with Crippen molar-refractivity contribution in [1.29, 1.82) is 0 Å². The van der Waals surface area contributed by atoms with Crippen molar-refractivity contribution >= 4 is 0 Å². The van der Waals surface area contributed by atoms with Crippen molar-refractivity contribution in [3.63, 3.8) is 0 Å². The third kappa shape index (κ3) is 3.08. The van der Waals surface area contributed by atoms with Crippen LogP contribution in [0.25, 0.3) is 5.69 Å². The van der Waals surface area contributed by atoms with Crippen LogP contribution >= 0.6 is 0 Å². The molecule has 0 amide bonds. The van der Waals surface area contributed by atoms with Crippen LogP contribution in [0.4, 0.5) is 0 Å². The van der Waals surface area contributed by atoms with E-state index >= 15 is 0 Å². The molecule has 0 saturated carbocycles. The minimum Gasteiger partial charge on any atom is -0.381 e. The number of rotatable bonds is 4. The molecule has 20 heavy (non-hydrogen) atoms. The Kier molecular flexibility index (Phi) is 4.14. The molecule has 1 aromatic carbocycles. The molecule has 1 aromatic heterocycles. The van der Waals surface area contributed by atoms with Crippen molar-refractivity contribution < 1.29 is 4.74 Å². The Bertz CT molecular complexity index is 532. The molecule has 106 valence electrons. The Morgan fingerprint density at radius 2 is 2.00 bits per heavy atom. The molecular weight excluding hydrogens is 250 g/mol. The van der Waals surface area contributed by atoms with Crippen LogP contribution in [0, 0.1) is 5.92 Å². The quantitative estimate of drug-likeness (QED) is 0.930. The number of nitrogens with two attached hydrogens (primary N) is 1. The van der Waals surface area contributed by atoms with Crippen LogP contribution < -0.4 is 5.73 Å². The molecule has 0 bridgehead atoms. The average molecular weight is 271 g/mol. The fourth-order valence-corrected chi connectivity index (χ4v) is 2.73. The van der Waals surface area contributed by atoms with Crippen LogP contribution in [0.1, 0.15) is 30.9 Å². The average Bonchev–Trinajstić information content (AvgIpc) is 2.99. The van der Waals surface area contributed by atoms with Gasteiger partial charge in [0.1, 0.15) is 0 Å². The van der Waals surface area contributed by atoms with Crippen molar-refractivity contribution in [2.45, 2.75) is 25.3 Å². The second-order valence-electron chi connectivity index (χ2n) is 5.45. The first-order chi connectivity index (χ1) is 9.83. The maximum atomic E-state index is 6.32. The first kappa shape index (κ1) is 13.3. The minimum absolute atomic E-state index is 0.0653. The largest absolute Gasteiger partial charge is 0.381 e. The highest BCUT2D eigenvalue weighted by Gasteiger charge is 2.19. The standard InChI is InChI=1S/C16H21N3O/c17-16(10-13-6-8-20-9-7-13)14-11-18-19(12-14)15-4-2-1-3-5-15/h1-5,11-13,16H,6-10,17H2. The van der Waals surface area contributed by atoms with Gasteiger partial charge in [-0.15, -0.1) is 0 Å². The zero-order chi connectivity index (χ0) is 13.8. The van der Waals surface area contributed by atoms with E-state index in [-0.39, 0.29) is 6.04 Å². The van der Waals surface area contributed by atoms with Crippen molar-refractivity contribution in [3.05, 3.63) is 48.3 Å². The number of benzene rings is 1. The summed E-state index contributed by atoms with van der Waals surface area (Å²) >= 11 is 0. The third-order valence-electron chi connectivity index (χ3n) is 3.98. The maximum absolute atomic E-state index is 6.32. The lowest BCUT2D eigenvalue weighted by molar-refractivity contribution is 0.0618. The number of aromatic nitrogens is 2. The molecule has 4 nitrogen and oxygen atoms in total. The molecule has 1 aliphatic heterocycles. The third-order valence-corrected chi connectivity index (χ3v) is 3.98. The van der Waals surface area contributed by atoms with Gasteiger partial charge in [-0.3, -0.25) is 0 Å². The van der Waals surface area contributed by atoms with Gasteiger partial charge in [0, 0.05) is 31.0 Å². The first-order valence-electron chi connectivity index (χ1n) is 7.26. The van der Waals surface area contributed by atoms with Gasteiger partial charge in [0.15, 0.2) is 0 Å². The zero-order valence-corrected chi connectivity index (χ0v) is 11.6. The van der Waals surface area contributed by atoms with Crippen LogP contribution in [0.3, 0.4) is 0 Å². The smallest absolute Gasteiger partial charge is 0.0645 e. The Hall–Kier alpha value is -1.65. The molecule has 1 aliphatic rings. The zero-order valence-electron chi connectivity index (χ0n) is 11.6. The van der Waals surface area contributed by atoms with E-state index in [1.165, 1.54) is 0 Å². The SMILES string of the molecule is NC(CC1CCOCC1)c1cnn(-c2ccccc2)c1. The van der Waals surface area contributed by atoms with Crippen molar-refractivity contribution in [1.82, 2.24) is 9.78 Å². The van der Waals surface area contributed by atoms with Crippen LogP contribution in [0.15, 0.2) is 42.7 Å². The molecule has 0 spiro atoms. The number of hydrogen-bond acceptors (Lipinski definition) is 3. The van der Waals surface area contributed by atoms with E-state index in [0.717, 1.165) is 43.7 Å². The molecule has 1 unspecified atom stereocenters. The first-order valence-corrected chi connectivity index (χ1v) is 7.26. The van der Waals surface area contributed by atoms with Gasteiger partial charge in [-0.25, -0.2) is 4.68 Å². The van der Waals surface area contributed by atoms with Gasteiger partial charge in [0.25, 0.3) is 0 Å². The summed E-state index contributed by atoms with van der Waals surface area (Å²) in [7, 11) is 0. The van der Waals surface area contributed by atoms with Gasteiger partial charge in [-0.05, 0) is 37.3 Å². The number of nitrogens with zero attached hydrogens (tertiary/aromatic N) is 2. The summed E-state index contributed by atoms with van der Waals surface area (Å²) in [5.74, 6) is 0.679. The summed E-state index contributed by atoms with van der Waals surface area (Å²) in [5.41, 5.74) is 8.50. The fraction of sp³-hybridized carbons (Fsp3) is 0.438. The summed E-state index contributed by atoms with van der Waals surface area (Å²) in [5, 5.41) is 4.41. The summed E-state index contributed by atoms with van der Waals surface area (Å²) in [6, 6.07) is 10.2. The summed E-state index contributed by atoms with van der Waals surface area (Å²) in [6.45, 7) is 1.75. The molecule has 1 fully saturated rings. The molecule has 2 heterocycles. The van der Waals surface area contributed by atoms with Crippen molar-refractivity contribution in [3.8, 4) is 5.69 Å². The molecule has 2 N–H and O–H groups in total. The van der Waals surface area contributed by atoms with E-state index in [4.69, 9.17) is 10.5 Å². The van der Waals surface area contributed by atoms with Crippen LogP contribution in [0.5, 0.6) is 0 Å². The topological polar surface area (TPSA) is 53.1 Å². The molecule has 4 heteroatoms. The van der Waals surface area contributed by atoms with E-state index in [1.807, 2.05) is 47.4 Å². The minimum atomic E-state index is 0.0653. The Balaban J connectivity index is 1.66. The predicted octanol–water partition coefficient (Wildman–Crippen LogP) is 2.69. The Morgan fingerprint density at radius 3 is 2.75 bits per heavy atom. The lowest BCUT2D eigenvalue weighted by atomic mass is 9.91. The molecule has 1 atom stereocenters. The molecule has 0 aliphatic carbocycles. The summed E-state index contributed by atoms with van der Waals surface area (Å²) in [6.07, 6.45) is 7.20. The van der Waals surface area contributed by atoms with Gasteiger partial charge >= 0.3 is 0 Å². The Morgan fingerprint density at radius 1 is 1.25 bits per heavy atom. The van der Waals surface area contributed by atoms with Crippen LogP contribution in [0.2, 0.25) is 0 Å². The van der Waals surface area contributed by atoms with E-state index in [1.54, 1.807) is 0 Å². The number of hydrogen-bond donors (Lipinski definition) is 1. The van der Waals surface area contributed by atoms with Gasteiger partial charge < -0.3 is 10.5 Å². The van der Waals surface area contributed by atoms with E-state index in [0.29, 0.717) is 5.92 Å². The van der Waals surface area contributed by atoms with E-state index < -0.39 is 0 Å². The van der Waals surface area contributed by atoms with Gasteiger partial charge in [0.2, 0.25) is 0 Å². The molecule has 2 aromatic rings. The fourth-order valence-electron chi connectivity index (χ4n) is 2.73. The van der Waals surface area contributed by atoms with E-state index in [9.17, 15) is 0 Å². The second-order valence-corrected chi connectivity index (χ2v) is 5.45. The van der Waals surface area contributed by atoms with Crippen LogP contribution in [-0.2, 0) is 4.74 Å². The lowest BCUT2D eigenvalue weighted by Gasteiger charge is -2.24. The summed E-state index contributed by atoms with van der Waals surface area (Å²) in [4.78, 5) is 0. The summed E-state index contributed by atoms with van der Waals surface area (Å²) < 4.78 is 7.28. The molecule has 3 rings (SSSR count). The highest BCUT2D eigenvalue weighted by atomic mass is 16.5. The Labute approximate surface area is 119 Å². The second kappa shape index (κ2) is 6.20. The highest BCUT2D eigenvalue weighted by molar-refractivity contribution is 5.31. The van der Waals surface area contributed by atoms with Gasteiger partial charge in [0.05, 0.1) is 11.9 Å². The van der Waals surface area contributed by atoms with Gasteiger partial charge in [-0.1, -0.05) is 18.2 Å². The van der Waals surface area contributed by atoms with Crippen molar-refractivity contribution in [2.24, 2.45) is 11.7 Å². The van der Waals surface area contributed by atoms with Crippen molar-refractivity contribution in [2.75, 3.05) is 13.2 Å². The van der Waals surface area contributed by atoms with Crippen LogP contribution in [-0.4, -0.2) is 23.0 Å². The predicted molar refractivity (Wildman–Crippen MR) is 78.7 cm³/mol. The normalized spacial score (nSPS) is 18.1. The molecule has 0 radical (unpaired) electrons. The maximum Gasteiger partial charge on any atom is 0.0645 e. The highest BCUT2D eigenvalue weighted by Crippen LogP contribution is 2.26. The monoisotopic (exact) mass is 271 g/mol. The number of ether oxygens (including phenoxy) is 1. The van der Waals surface area contributed by atoms with E-state index in [2.05, 4.69) is 5.10 Å². The molecular formula is C16H21N3O. The lowest BCUT2D eigenvalue weighted by Crippen LogP contribution is -2.21.